The molecule has 2 aromatic rings. The topological polar surface area (TPSA) is 80.1 Å². The number of likely N-dealkylation sites (tertiary alicyclic amines) is 1. The van der Waals surface area contributed by atoms with Crippen LogP contribution >= 0.6 is 0 Å². The summed E-state index contributed by atoms with van der Waals surface area (Å²) >= 11 is 0. The molecular formula is C19H25N5O2. The molecule has 7 nitrogen and oxygen atoms in total. The Kier molecular flexibility index (Phi) is 5.35. The van der Waals surface area contributed by atoms with Gasteiger partial charge in [0, 0.05) is 51.7 Å². The standard InChI is InChI=1S/C19H25N5O2/c1-13-10-14(12-20-11-13)4-6-16(25)22-15-5-7-17(26)24(3)18(15)19-21-8-9-23(19)2/h8-12,15,18H,4-7H2,1-3H3,(H,22,25)/t15-,18-/m1/s1. The van der Waals surface area contributed by atoms with Crippen molar-refractivity contribution in [2.24, 2.45) is 7.05 Å². The maximum Gasteiger partial charge on any atom is 0.223 e. The Morgan fingerprint density at radius 2 is 2.15 bits per heavy atom. The van der Waals surface area contributed by atoms with E-state index in [4.69, 9.17) is 0 Å². The molecule has 2 amide bonds. The number of rotatable bonds is 5. The first-order valence-corrected chi connectivity index (χ1v) is 8.88. The molecule has 2 aromatic heterocycles. The zero-order valence-corrected chi connectivity index (χ0v) is 15.5. The molecule has 0 bridgehead atoms. The van der Waals surface area contributed by atoms with Crippen LogP contribution in [-0.4, -0.2) is 44.3 Å². The van der Waals surface area contributed by atoms with Gasteiger partial charge in [0.15, 0.2) is 0 Å². The van der Waals surface area contributed by atoms with Crippen molar-refractivity contribution >= 4 is 11.8 Å². The number of aryl methyl sites for hydroxylation is 3. The van der Waals surface area contributed by atoms with E-state index in [9.17, 15) is 9.59 Å². The number of aromatic nitrogens is 3. The van der Waals surface area contributed by atoms with E-state index in [2.05, 4.69) is 15.3 Å². The minimum absolute atomic E-state index is 0.0153. The van der Waals surface area contributed by atoms with Crippen LogP contribution in [0.5, 0.6) is 0 Å². The largest absolute Gasteiger partial charge is 0.351 e. The molecule has 1 N–H and O–H groups in total. The normalized spacial score (nSPS) is 20.3. The highest BCUT2D eigenvalue weighted by Crippen LogP contribution is 2.29. The van der Waals surface area contributed by atoms with Crippen LogP contribution in [0, 0.1) is 6.92 Å². The molecule has 0 saturated carbocycles. The molecule has 1 saturated heterocycles. The van der Waals surface area contributed by atoms with Gasteiger partial charge in [0.2, 0.25) is 11.8 Å². The van der Waals surface area contributed by atoms with Crippen LogP contribution in [0.15, 0.2) is 30.9 Å². The SMILES string of the molecule is Cc1cncc(CCC(=O)N[C@@H]2CCC(=O)N(C)[C@H]2c2nccn2C)c1. The van der Waals surface area contributed by atoms with E-state index in [1.165, 1.54) is 0 Å². The monoisotopic (exact) mass is 355 g/mol. The number of nitrogens with one attached hydrogen (secondary N) is 1. The number of hydrogen-bond donors (Lipinski definition) is 1. The second kappa shape index (κ2) is 7.68. The van der Waals surface area contributed by atoms with E-state index in [1.54, 1.807) is 30.5 Å². The molecule has 0 aliphatic carbocycles. The van der Waals surface area contributed by atoms with Crippen LogP contribution in [0.2, 0.25) is 0 Å². The summed E-state index contributed by atoms with van der Waals surface area (Å²) in [4.78, 5) is 34.9. The molecule has 0 aromatic carbocycles. The summed E-state index contributed by atoms with van der Waals surface area (Å²) in [5, 5.41) is 3.11. The predicted molar refractivity (Wildman–Crippen MR) is 97.2 cm³/mol. The van der Waals surface area contributed by atoms with Crippen molar-refractivity contribution in [2.75, 3.05) is 7.05 Å². The van der Waals surface area contributed by atoms with E-state index in [0.29, 0.717) is 25.7 Å². The molecule has 138 valence electrons. The van der Waals surface area contributed by atoms with Crippen molar-refractivity contribution < 1.29 is 9.59 Å². The zero-order valence-electron chi connectivity index (χ0n) is 15.5. The van der Waals surface area contributed by atoms with Crippen molar-refractivity contribution in [3.05, 3.63) is 47.8 Å². The molecular weight excluding hydrogens is 330 g/mol. The predicted octanol–water partition coefficient (Wildman–Crippen LogP) is 1.53. The van der Waals surface area contributed by atoms with E-state index < -0.39 is 0 Å². The average molecular weight is 355 g/mol. The number of amides is 2. The van der Waals surface area contributed by atoms with Gasteiger partial charge in [-0.15, -0.1) is 0 Å². The third-order valence-electron chi connectivity index (χ3n) is 4.90. The lowest BCUT2D eigenvalue weighted by atomic mass is 9.95. The molecule has 1 aliphatic heterocycles. The molecule has 1 fully saturated rings. The van der Waals surface area contributed by atoms with Gasteiger partial charge in [-0.05, 0) is 30.9 Å². The van der Waals surface area contributed by atoms with Gasteiger partial charge in [-0.1, -0.05) is 6.07 Å². The summed E-state index contributed by atoms with van der Waals surface area (Å²) in [5.41, 5.74) is 2.14. The Morgan fingerprint density at radius 1 is 1.35 bits per heavy atom. The molecule has 1 aliphatic rings. The number of carbonyl (C=O) groups excluding carboxylic acids is 2. The first-order chi connectivity index (χ1) is 12.5. The number of pyridine rings is 1. The zero-order chi connectivity index (χ0) is 18.7. The van der Waals surface area contributed by atoms with Gasteiger partial charge in [-0.3, -0.25) is 14.6 Å². The molecule has 26 heavy (non-hydrogen) atoms. The molecule has 0 unspecified atom stereocenters. The number of carbonyl (C=O) groups is 2. The lowest BCUT2D eigenvalue weighted by Crippen LogP contribution is -2.51. The number of likely N-dealkylation sites (N-methyl/N-ethyl adjacent to an activating group) is 1. The summed E-state index contributed by atoms with van der Waals surface area (Å²) in [6.07, 6.45) is 9.27. The maximum atomic E-state index is 12.5. The van der Waals surface area contributed by atoms with Crippen molar-refractivity contribution in [2.45, 2.75) is 44.7 Å². The number of piperidine rings is 1. The van der Waals surface area contributed by atoms with Crippen LogP contribution in [-0.2, 0) is 23.1 Å². The molecule has 7 heteroatoms. The smallest absolute Gasteiger partial charge is 0.223 e. The van der Waals surface area contributed by atoms with Crippen molar-refractivity contribution in [3.8, 4) is 0 Å². The minimum Gasteiger partial charge on any atom is -0.351 e. The molecule has 0 radical (unpaired) electrons. The lowest BCUT2D eigenvalue weighted by Gasteiger charge is -2.38. The highest BCUT2D eigenvalue weighted by atomic mass is 16.2. The number of imidazole rings is 1. The van der Waals surface area contributed by atoms with Gasteiger partial charge in [0.05, 0.1) is 6.04 Å². The second-order valence-electron chi connectivity index (χ2n) is 6.93. The molecule has 3 heterocycles. The van der Waals surface area contributed by atoms with Crippen LogP contribution in [0.25, 0.3) is 0 Å². The Morgan fingerprint density at radius 3 is 2.85 bits per heavy atom. The van der Waals surface area contributed by atoms with Gasteiger partial charge < -0.3 is 14.8 Å². The third kappa shape index (κ3) is 3.92. The van der Waals surface area contributed by atoms with E-state index in [0.717, 1.165) is 17.0 Å². The van der Waals surface area contributed by atoms with E-state index in [-0.39, 0.29) is 23.9 Å². The van der Waals surface area contributed by atoms with Crippen LogP contribution in [0.1, 0.15) is 42.3 Å². The summed E-state index contributed by atoms with van der Waals surface area (Å²) in [6.45, 7) is 1.99. The molecule has 2 atom stereocenters. The van der Waals surface area contributed by atoms with Gasteiger partial charge in [-0.2, -0.15) is 0 Å². The fourth-order valence-electron chi connectivity index (χ4n) is 3.50. The summed E-state index contributed by atoms with van der Waals surface area (Å²) < 4.78 is 1.90. The fraction of sp³-hybridized carbons (Fsp3) is 0.474. The van der Waals surface area contributed by atoms with Gasteiger partial charge in [-0.25, -0.2) is 4.98 Å². The van der Waals surface area contributed by atoms with Crippen molar-refractivity contribution in [1.29, 1.82) is 0 Å². The van der Waals surface area contributed by atoms with Gasteiger partial charge in [0.1, 0.15) is 11.9 Å². The summed E-state index contributed by atoms with van der Waals surface area (Å²) in [5.74, 6) is 0.849. The Bertz CT molecular complexity index is 801. The van der Waals surface area contributed by atoms with Crippen LogP contribution < -0.4 is 5.32 Å². The van der Waals surface area contributed by atoms with Crippen LogP contribution in [0.3, 0.4) is 0 Å². The number of hydrogen-bond acceptors (Lipinski definition) is 4. The summed E-state index contributed by atoms with van der Waals surface area (Å²) in [7, 11) is 3.68. The van der Waals surface area contributed by atoms with Gasteiger partial charge >= 0.3 is 0 Å². The fourth-order valence-corrected chi connectivity index (χ4v) is 3.50. The van der Waals surface area contributed by atoms with E-state index in [1.807, 2.05) is 30.8 Å². The van der Waals surface area contributed by atoms with Crippen molar-refractivity contribution in [3.63, 3.8) is 0 Å². The average Bonchev–Trinajstić information content (AvgIpc) is 3.02. The Balaban J connectivity index is 1.67. The van der Waals surface area contributed by atoms with Gasteiger partial charge in [0.25, 0.3) is 0 Å². The van der Waals surface area contributed by atoms with E-state index >= 15 is 0 Å². The quantitative estimate of drug-likeness (QED) is 0.882. The number of nitrogens with zero attached hydrogens (tertiary/aromatic N) is 4. The highest BCUT2D eigenvalue weighted by molar-refractivity contribution is 5.79. The molecule has 0 spiro atoms. The maximum absolute atomic E-state index is 12.5. The first-order valence-electron chi connectivity index (χ1n) is 8.88. The molecule has 3 rings (SSSR count). The second-order valence-corrected chi connectivity index (χ2v) is 6.93. The van der Waals surface area contributed by atoms with Crippen molar-refractivity contribution in [1.82, 2.24) is 24.8 Å². The Labute approximate surface area is 153 Å². The van der Waals surface area contributed by atoms with Crippen LogP contribution in [0.4, 0.5) is 0 Å². The lowest BCUT2D eigenvalue weighted by molar-refractivity contribution is -0.137. The Hall–Kier alpha value is -2.70. The first kappa shape index (κ1) is 18.1. The highest BCUT2D eigenvalue weighted by Gasteiger charge is 2.37. The minimum atomic E-state index is -0.249. The third-order valence-corrected chi connectivity index (χ3v) is 4.90. The summed E-state index contributed by atoms with van der Waals surface area (Å²) in [6, 6.07) is 1.66.